The number of halogens is 1. The zero-order valence-electron chi connectivity index (χ0n) is 9.76. The first kappa shape index (κ1) is 11.3. The number of nitrogens with one attached hydrogen (secondary N) is 1. The van der Waals surface area contributed by atoms with Gasteiger partial charge in [-0.1, -0.05) is 22.0 Å². The molecule has 1 amide bonds. The van der Waals surface area contributed by atoms with Gasteiger partial charge < -0.3 is 5.32 Å². The quantitative estimate of drug-likeness (QED) is 0.783. The van der Waals surface area contributed by atoms with Crippen LogP contribution in [0.1, 0.15) is 30.4 Å². The molecule has 1 atom stereocenters. The Morgan fingerprint density at radius 2 is 2.00 bits per heavy atom. The van der Waals surface area contributed by atoms with Crippen molar-refractivity contribution < 1.29 is 4.79 Å². The fourth-order valence-electron chi connectivity index (χ4n) is 3.10. The van der Waals surface area contributed by atoms with E-state index in [0.29, 0.717) is 11.8 Å². The molecule has 1 unspecified atom stereocenters. The molecule has 2 aliphatic rings. The first-order valence-electron chi connectivity index (χ1n) is 6.21. The molecule has 17 heavy (non-hydrogen) atoms. The summed E-state index contributed by atoms with van der Waals surface area (Å²) in [7, 11) is 0. The third-order valence-corrected chi connectivity index (χ3v) is 4.69. The highest BCUT2D eigenvalue weighted by molar-refractivity contribution is 9.10. The maximum absolute atomic E-state index is 11.3. The van der Waals surface area contributed by atoms with Gasteiger partial charge in [-0.05, 0) is 54.4 Å². The number of hydrogen-bond acceptors (Lipinski definition) is 1. The van der Waals surface area contributed by atoms with Crippen molar-refractivity contribution >= 4 is 21.8 Å². The number of aryl methyl sites for hydroxylation is 1. The van der Waals surface area contributed by atoms with E-state index in [1.54, 1.807) is 0 Å². The predicted molar refractivity (Wildman–Crippen MR) is 70.8 cm³/mol. The lowest BCUT2D eigenvalue weighted by Crippen LogP contribution is -2.46. The summed E-state index contributed by atoms with van der Waals surface area (Å²) in [6.07, 6.45) is 5.22. The SMILES string of the molecule is O=C1CCC2(CCc3cc(Br)ccc3C2)CN1. The molecule has 3 rings (SSSR count). The van der Waals surface area contributed by atoms with Crippen LogP contribution < -0.4 is 5.32 Å². The molecule has 1 N–H and O–H groups in total. The van der Waals surface area contributed by atoms with Crippen LogP contribution in [0.5, 0.6) is 0 Å². The summed E-state index contributed by atoms with van der Waals surface area (Å²) in [5.74, 6) is 0.220. The molecule has 0 saturated carbocycles. The van der Waals surface area contributed by atoms with Crippen LogP contribution in [0.15, 0.2) is 22.7 Å². The number of rotatable bonds is 0. The molecule has 0 bridgehead atoms. The van der Waals surface area contributed by atoms with Gasteiger partial charge in [0.15, 0.2) is 0 Å². The van der Waals surface area contributed by atoms with E-state index in [0.717, 1.165) is 25.8 Å². The summed E-state index contributed by atoms with van der Waals surface area (Å²) in [5, 5.41) is 3.04. The molecule has 1 saturated heterocycles. The molecule has 2 nitrogen and oxygen atoms in total. The van der Waals surface area contributed by atoms with Gasteiger partial charge in [0.25, 0.3) is 0 Å². The molecule has 1 fully saturated rings. The highest BCUT2D eigenvalue weighted by Gasteiger charge is 2.37. The lowest BCUT2D eigenvalue weighted by atomic mass is 9.68. The second-order valence-corrected chi connectivity index (χ2v) is 6.28. The van der Waals surface area contributed by atoms with Gasteiger partial charge in [0.05, 0.1) is 0 Å². The number of hydrogen-bond donors (Lipinski definition) is 1. The second kappa shape index (κ2) is 4.13. The number of piperidine rings is 1. The molecular formula is C14H16BrNO. The van der Waals surface area contributed by atoms with Crippen molar-refractivity contribution in [2.45, 2.75) is 32.1 Å². The van der Waals surface area contributed by atoms with Crippen LogP contribution in [-0.2, 0) is 17.6 Å². The molecule has 90 valence electrons. The number of benzene rings is 1. The van der Waals surface area contributed by atoms with Gasteiger partial charge in [-0.2, -0.15) is 0 Å². The lowest BCUT2D eigenvalue weighted by molar-refractivity contribution is -0.124. The Morgan fingerprint density at radius 3 is 2.76 bits per heavy atom. The summed E-state index contributed by atoms with van der Waals surface area (Å²) < 4.78 is 1.17. The van der Waals surface area contributed by atoms with Crippen LogP contribution in [0.25, 0.3) is 0 Å². The van der Waals surface area contributed by atoms with Crippen molar-refractivity contribution in [2.24, 2.45) is 5.41 Å². The molecule has 1 aromatic carbocycles. The molecule has 1 aromatic rings. The van der Waals surface area contributed by atoms with Crippen LogP contribution in [-0.4, -0.2) is 12.5 Å². The van der Waals surface area contributed by atoms with Gasteiger partial charge in [0.2, 0.25) is 5.91 Å². The van der Waals surface area contributed by atoms with Gasteiger partial charge >= 0.3 is 0 Å². The minimum absolute atomic E-state index is 0.220. The van der Waals surface area contributed by atoms with E-state index in [1.165, 1.54) is 22.0 Å². The van der Waals surface area contributed by atoms with E-state index in [9.17, 15) is 4.79 Å². The number of amides is 1. The molecule has 1 spiro atoms. The van der Waals surface area contributed by atoms with Gasteiger partial charge in [-0.3, -0.25) is 4.79 Å². The Hall–Kier alpha value is -0.830. The van der Waals surface area contributed by atoms with Crippen molar-refractivity contribution in [1.29, 1.82) is 0 Å². The highest BCUT2D eigenvalue weighted by atomic mass is 79.9. The van der Waals surface area contributed by atoms with Gasteiger partial charge in [0, 0.05) is 17.4 Å². The average molecular weight is 294 g/mol. The summed E-state index contributed by atoms with van der Waals surface area (Å²) in [4.78, 5) is 11.3. The first-order chi connectivity index (χ1) is 8.17. The Labute approximate surface area is 110 Å². The average Bonchev–Trinajstić information content (AvgIpc) is 2.34. The van der Waals surface area contributed by atoms with E-state index < -0.39 is 0 Å². The Kier molecular flexibility index (Phi) is 2.74. The van der Waals surface area contributed by atoms with E-state index in [-0.39, 0.29) is 5.91 Å². The fourth-order valence-corrected chi connectivity index (χ4v) is 3.51. The minimum atomic E-state index is 0.220. The number of carbonyl (C=O) groups excluding carboxylic acids is 1. The van der Waals surface area contributed by atoms with Crippen LogP contribution in [0, 0.1) is 5.41 Å². The normalized spacial score (nSPS) is 27.7. The van der Waals surface area contributed by atoms with Gasteiger partial charge in [-0.15, -0.1) is 0 Å². The van der Waals surface area contributed by atoms with E-state index in [1.807, 2.05) is 0 Å². The van der Waals surface area contributed by atoms with Crippen molar-refractivity contribution in [3.63, 3.8) is 0 Å². The van der Waals surface area contributed by atoms with Gasteiger partial charge in [-0.25, -0.2) is 0 Å². The van der Waals surface area contributed by atoms with Crippen molar-refractivity contribution in [3.8, 4) is 0 Å². The topological polar surface area (TPSA) is 29.1 Å². The molecule has 1 aliphatic carbocycles. The largest absolute Gasteiger partial charge is 0.356 e. The van der Waals surface area contributed by atoms with Crippen molar-refractivity contribution in [1.82, 2.24) is 5.32 Å². The summed E-state index contributed by atoms with van der Waals surface area (Å²) >= 11 is 3.53. The van der Waals surface area contributed by atoms with E-state index >= 15 is 0 Å². The Bertz CT molecular complexity index is 459. The van der Waals surface area contributed by atoms with E-state index in [4.69, 9.17) is 0 Å². The number of fused-ring (bicyclic) bond motifs is 1. The van der Waals surface area contributed by atoms with Crippen LogP contribution in [0.4, 0.5) is 0 Å². The zero-order valence-corrected chi connectivity index (χ0v) is 11.3. The Morgan fingerprint density at radius 1 is 1.18 bits per heavy atom. The number of carbonyl (C=O) groups is 1. The standard InChI is InChI=1S/C14H16BrNO/c15-12-2-1-11-8-14(5-3-10(11)7-12)6-4-13(17)16-9-14/h1-2,7H,3-6,8-9H2,(H,16,17). The van der Waals surface area contributed by atoms with Gasteiger partial charge in [0.1, 0.15) is 0 Å². The van der Waals surface area contributed by atoms with Crippen LogP contribution in [0.3, 0.4) is 0 Å². The molecule has 0 radical (unpaired) electrons. The molecule has 1 heterocycles. The summed E-state index contributed by atoms with van der Waals surface area (Å²) in [5.41, 5.74) is 3.27. The summed E-state index contributed by atoms with van der Waals surface area (Å²) in [6, 6.07) is 6.60. The van der Waals surface area contributed by atoms with Crippen molar-refractivity contribution in [2.75, 3.05) is 6.54 Å². The summed E-state index contributed by atoms with van der Waals surface area (Å²) in [6.45, 7) is 0.862. The zero-order chi connectivity index (χ0) is 11.9. The molecule has 1 aliphatic heterocycles. The highest BCUT2D eigenvalue weighted by Crippen LogP contribution is 2.40. The smallest absolute Gasteiger partial charge is 0.220 e. The maximum atomic E-state index is 11.3. The van der Waals surface area contributed by atoms with Crippen LogP contribution in [0.2, 0.25) is 0 Å². The third-order valence-electron chi connectivity index (χ3n) is 4.20. The lowest BCUT2D eigenvalue weighted by Gasteiger charge is -2.41. The second-order valence-electron chi connectivity index (χ2n) is 5.37. The maximum Gasteiger partial charge on any atom is 0.220 e. The monoisotopic (exact) mass is 293 g/mol. The molecule has 3 heteroatoms. The first-order valence-corrected chi connectivity index (χ1v) is 7.00. The predicted octanol–water partition coefficient (Wildman–Crippen LogP) is 2.83. The third kappa shape index (κ3) is 2.13. The minimum Gasteiger partial charge on any atom is -0.356 e. The van der Waals surface area contributed by atoms with E-state index in [2.05, 4.69) is 39.4 Å². The van der Waals surface area contributed by atoms with Crippen molar-refractivity contribution in [3.05, 3.63) is 33.8 Å². The molecule has 0 aromatic heterocycles. The Balaban J connectivity index is 1.85. The molecular weight excluding hydrogens is 278 g/mol. The fraction of sp³-hybridized carbons (Fsp3) is 0.500. The van der Waals surface area contributed by atoms with Crippen LogP contribution >= 0.6 is 15.9 Å².